The Morgan fingerprint density at radius 2 is 2.04 bits per heavy atom. The lowest BCUT2D eigenvalue weighted by Gasteiger charge is -2.27. The van der Waals surface area contributed by atoms with Gasteiger partial charge in [0.15, 0.2) is 9.84 Å². The molecule has 7 nitrogen and oxygen atoms in total. The Balaban J connectivity index is 1.97. The molecule has 28 heavy (non-hydrogen) atoms. The van der Waals surface area contributed by atoms with Crippen LogP contribution in [0.4, 0.5) is 20.2 Å². The first-order valence-corrected chi connectivity index (χ1v) is 10.4. The van der Waals surface area contributed by atoms with E-state index >= 15 is 0 Å². The average Bonchev–Trinajstić information content (AvgIpc) is 2.60. The maximum Gasteiger partial charge on any atom is 0.387 e. The number of ether oxygens (including phenoxy) is 1. The Labute approximate surface area is 160 Å². The summed E-state index contributed by atoms with van der Waals surface area (Å²) in [6.45, 7) is -2.92. The lowest BCUT2D eigenvalue weighted by atomic mass is 9.87. The topological polar surface area (TPSA) is 98.5 Å². The molecule has 2 aromatic carbocycles. The number of nitro groups is 1. The molecule has 1 atom stereocenters. The van der Waals surface area contributed by atoms with Crippen LogP contribution >= 0.6 is 0 Å². The molecule has 0 amide bonds. The molecule has 0 aromatic heterocycles. The van der Waals surface area contributed by atoms with Crippen molar-refractivity contribution in [2.24, 2.45) is 0 Å². The SMILES string of the molecule is CS(=O)(=O)c1cccc(NC2CCCc3cc(OC(F)F)ccc32)c1[N+](=O)[O-]. The number of nitro benzene ring substituents is 1. The summed E-state index contributed by atoms with van der Waals surface area (Å²) in [4.78, 5) is 10.5. The van der Waals surface area contributed by atoms with Crippen LogP contribution in [-0.2, 0) is 16.3 Å². The summed E-state index contributed by atoms with van der Waals surface area (Å²) in [5.41, 5.74) is 1.21. The van der Waals surface area contributed by atoms with Crippen molar-refractivity contribution in [3.8, 4) is 5.75 Å². The van der Waals surface area contributed by atoms with Gasteiger partial charge in [-0.2, -0.15) is 8.78 Å². The smallest absolute Gasteiger partial charge is 0.387 e. The number of aryl methyl sites for hydroxylation is 1. The summed E-state index contributed by atoms with van der Waals surface area (Å²) in [7, 11) is -3.79. The van der Waals surface area contributed by atoms with Gasteiger partial charge in [0.2, 0.25) is 0 Å². The largest absolute Gasteiger partial charge is 0.435 e. The highest BCUT2D eigenvalue weighted by Gasteiger charge is 2.29. The first-order chi connectivity index (χ1) is 13.2. The molecule has 0 fully saturated rings. The van der Waals surface area contributed by atoms with Crippen LogP contribution < -0.4 is 10.1 Å². The summed E-state index contributed by atoms with van der Waals surface area (Å²) in [5.74, 6) is 0.0551. The molecule has 0 spiro atoms. The van der Waals surface area contributed by atoms with E-state index in [1.807, 2.05) is 0 Å². The number of fused-ring (bicyclic) bond motifs is 1. The predicted octanol–water partition coefficient (Wildman–Crippen LogP) is 4.09. The number of nitrogens with one attached hydrogen (secondary N) is 1. The first kappa shape index (κ1) is 20.0. The molecule has 0 saturated heterocycles. The quantitative estimate of drug-likeness (QED) is 0.567. The number of alkyl halides is 2. The molecule has 1 aliphatic carbocycles. The highest BCUT2D eigenvalue weighted by molar-refractivity contribution is 7.90. The van der Waals surface area contributed by atoms with Crippen molar-refractivity contribution in [3.63, 3.8) is 0 Å². The fourth-order valence-corrected chi connectivity index (χ4v) is 4.29. The van der Waals surface area contributed by atoms with Gasteiger partial charge in [0.25, 0.3) is 0 Å². The van der Waals surface area contributed by atoms with Crippen LogP contribution in [0.3, 0.4) is 0 Å². The summed E-state index contributed by atoms with van der Waals surface area (Å²) in [6, 6.07) is 8.38. The summed E-state index contributed by atoms with van der Waals surface area (Å²) in [6.07, 6.45) is 2.98. The lowest BCUT2D eigenvalue weighted by Crippen LogP contribution is -2.19. The fraction of sp³-hybridized carbons (Fsp3) is 0.333. The van der Waals surface area contributed by atoms with E-state index in [4.69, 9.17) is 0 Å². The molecule has 0 heterocycles. The zero-order chi connectivity index (χ0) is 20.5. The van der Waals surface area contributed by atoms with E-state index in [1.54, 1.807) is 6.07 Å². The van der Waals surface area contributed by atoms with E-state index in [-0.39, 0.29) is 22.4 Å². The van der Waals surface area contributed by atoms with Crippen LogP contribution in [0, 0.1) is 10.1 Å². The lowest BCUT2D eigenvalue weighted by molar-refractivity contribution is -0.386. The average molecular weight is 412 g/mol. The van der Waals surface area contributed by atoms with Crippen LogP contribution in [0.25, 0.3) is 0 Å². The number of sulfone groups is 1. The van der Waals surface area contributed by atoms with Gasteiger partial charge >= 0.3 is 12.3 Å². The number of nitrogens with zero attached hydrogens (tertiary/aromatic N) is 1. The minimum atomic E-state index is -3.79. The van der Waals surface area contributed by atoms with Crippen LogP contribution in [-0.4, -0.2) is 26.2 Å². The van der Waals surface area contributed by atoms with Crippen LogP contribution in [0.2, 0.25) is 0 Å². The molecule has 2 aromatic rings. The van der Waals surface area contributed by atoms with Gasteiger partial charge in [0.1, 0.15) is 16.3 Å². The number of hydrogen-bond donors (Lipinski definition) is 1. The van der Waals surface area contributed by atoms with E-state index < -0.39 is 27.1 Å². The highest BCUT2D eigenvalue weighted by Crippen LogP contribution is 2.39. The molecule has 1 N–H and O–H groups in total. The zero-order valence-electron chi connectivity index (χ0n) is 14.9. The van der Waals surface area contributed by atoms with Gasteiger partial charge in [-0.1, -0.05) is 12.1 Å². The van der Waals surface area contributed by atoms with Crippen molar-refractivity contribution >= 4 is 21.2 Å². The Morgan fingerprint density at radius 1 is 1.29 bits per heavy atom. The zero-order valence-corrected chi connectivity index (χ0v) is 15.7. The van der Waals surface area contributed by atoms with Gasteiger partial charge in [0.05, 0.1) is 11.0 Å². The number of anilines is 1. The minimum Gasteiger partial charge on any atom is -0.435 e. The summed E-state index contributed by atoms with van der Waals surface area (Å²) < 4.78 is 53.1. The number of benzene rings is 2. The Kier molecular flexibility index (Phi) is 5.50. The maximum atomic E-state index is 12.4. The third kappa shape index (κ3) is 4.22. The molecule has 0 saturated carbocycles. The van der Waals surface area contributed by atoms with E-state index in [0.29, 0.717) is 12.8 Å². The molecule has 3 rings (SSSR count). The van der Waals surface area contributed by atoms with Crippen LogP contribution in [0.5, 0.6) is 5.75 Å². The normalized spacial score (nSPS) is 16.5. The maximum absolute atomic E-state index is 12.4. The van der Waals surface area contributed by atoms with Crippen molar-refractivity contribution in [3.05, 3.63) is 57.6 Å². The van der Waals surface area contributed by atoms with Crippen molar-refractivity contribution < 1.29 is 26.9 Å². The van der Waals surface area contributed by atoms with Crippen molar-refractivity contribution in [2.75, 3.05) is 11.6 Å². The third-order valence-corrected chi connectivity index (χ3v) is 5.69. The molecule has 0 bridgehead atoms. The number of rotatable bonds is 6. The molecule has 1 aliphatic rings. The Hall–Kier alpha value is -2.75. The summed E-state index contributed by atoms with van der Waals surface area (Å²) >= 11 is 0. The Morgan fingerprint density at radius 3 is 2.68 bits per heavy atom. The standard InChI is InChI=1S/C18H18F2N2O5S/c1-28(25,26)16-7-3-6-15(17(16)22(23)24)21-14-5-2-4-11-10-12(27-18(19)20)8-9-13(11)14/h3,6-10,14,18,21H,2,4-5H2,1H3. The van der Waals surface area contributed by atoms with Gasteiger partial charge in [-0.05, 0) is 54.7 Å². The number of halogens is 2. The molecule has 150 valence electrons. The summed E-state index contributed by atoms with van der Waals surface area (Å²) in [5, 5.41) is 14.6. The van der Waals surface area contributed by atoms with E-state index in [0.717, 1.165) is 23.8 Å². The van der Waals surface area contributed by atoms with Crippen molar-refractivity contribution in [1.29, 1.82) is 0 Å². The fourth-order valence-electron chi connectivity index (χ4n) is 3.43. The molecular formula is C18H18F2N2O5S. The van der Waals surface area contributed by atoms with Gasteiger partial charge in [-0.15, -0.1) is 0 Å². The third-order valence-electron chi connectivity index (χ3n) is 4.56. The highest BCUT2D eigenvalue weighted by atomic mass is 32.2. The molecule has 0 radical (unpaired) electrons. The molecule has 10 heteroatoms. The monoisotopic (exact) mass is 412 g/mol. The molecule has 1 unspecified atom stereocenters. The number of hydrogen-bond acceptors (Lipinski definition) is 6. The van der Waals surface area contributed by atoms with Gasteiger partial charge < -0.3 is 10.1 Å². The Bertz CT molecular complexity index is 1010. The molecule has 0 aliphatic heterocycles. The molecular weight excluding hydrogens is 394 g/mol. The van der Waals surface area contributed by atoms with Crippen LogP contribution in [0.15, 0.2) is 41.3 Å². The van der Waals surface area contributed by atoms with Crippen molar-refractivity contribution in [2.45, 2.75) is 36.8 Å². The van der Waals surface area contributed by atoms with Crippen molar-refractivity contribution in [1.82, 2.24) is 0 Å². The van der Waals surface area contributed by atoms with Crippen LogP contribution in [0.1, 0.15) is 30.0 Å². The first-order valence-electron chi connectivity index (χ1n) is 8.48. The van der Waals surface area contributed by atoms with E-state index in [1.165, 1.54) is 30.3 Å². The van der Waals surface area contributed by atoms with E-state index in [2.05, 4.69) is 10.1 Å². The van der Waals surface area contributed by atoms with Gasteiger partial charge in [-0.25, -0.2) is 8.42 Å². The number of para-hydroxylation sites is 1. The van der Waals surface area contributed by atoms with Gasteiger partial charge in [-0.3, -0.25) is 10.1 Å². The second-order valence-electron chi connectivity index (χ2n) is 6.51. The second-order valence-corrected chi connectivity index (χ2v) is 8.49. The minimum absolute atomic E-state index is 0.0551. The predicted molar refractivity (Wildman–Crippen MR) is 98.6 cm³/mol. The van der Waals surface area contributed by atoms with E-state index in [9.17, 15) is 27.3 Å². The second kappa shape index (κ2) is 7.70. The van der Waals surface area contributed by atoms with Gasteiger partial charge in [0, 0.05) is 6.26 Å².